The van der Waals surface area contributed by atoms with Gasteiger partial charge < -0.3 is 19.6 Å². The van der Waals surface area contributed by atoms with E-state index in [-0.39, 0.29) is 23.6 Å². The van der Waals surface area contributed by atoms with Crippen molar-refractivity contribution in [3.05, 3.63) is 102 Å². The van der Waals surface area contributed by atoms with Crippen LogP contribution in [0, 0.1) is 23.7 Å². The number of carbonyl (C=O) groups excluding carboxylic acids is 4. The Balaban J connectivity index is 0.922. The molecule has 94 heavy (non-hydrogen) atoms. The number of aryl methyl sites for hydroxylation is 2. The monoisotopic (exact) mass is 1350 g/mol. The van der Waals surface area contributed by atoms with Gasteiger partial charge in [0.25, 0.3) is 23.6 Å². The molecule has 2 aliphatic carbocycles. The maximum Gasteiger partial charge on any atom is 0.260 e. The third-order valence-electron chi connectivity index (χ3n) is 21.5. The molecule has 4 aromatic rings. The van der Waals surface area contributed by atoms with Crippen LogP contribution in [0.4, 0.5) is 0 Å². The summed E-state index contributed by atoms with van der Waals surface area (Å²) in [5.74, 6) is 1.70. The summed E-state index contributed by atoms with van der Waals surface area (Å²) in [5, 5.41) is 0. The predicted octanol–water partition coefficient (Wildman–Crippen LogP) is 23.7. The highest BCUT2D eigenvalue weighted by Gasteiger charge is 2.48. The van der Waals surface area contributed by atoms with Gasteiger partial charge >= 0.3 is 0 Å². The highest BCUT2D eigenvalue weighted by Crippen LogP contribution is 2.54. The van der Waals surface area contributed by atoms with Crippen LogP contribution in [0.15, 0.2) is 71.1 Å². The van der Waals surface area contributed by atoms with Gasteiger partial charge in [-0.15, -0.1) is 45.3 Å². The summed E-state index contributed by atoms with van der Waals surface area (Å²) in [7, 11) is 0. The van der Waals surface area contributed by atoms with Gasteiger partial charge in [-0.05, 0) is 159 Å². The maximum atomic E-state index is 15.0. The first-order chi connectivity index (χ1) is 46.0. The number of fused-ring (bicyclic) bond motifs is 4. The van der Waals surface area contributed by atoms with Crippen LogP contribution in [0.3, 0.4) is 0 Å². The summed E-state index contributed by atoms with van der Waals surface area (Å²) in [5.41, 5.74) is 10.1. The third-order valence-corrected chi connectivity index (χ3v) is 26.6. The van der Waals surface area contributed by atoms with E-state index in [1.54, 1.807) is 22.7 Å². The summed E-state index contributed by atoms with van der Waals surface area (Å²) in [6.07, 6.45) is 45.7. The minimum atomic E-state index is 0.0136. The minimum absolute atomic E-state index is 0.0136. The molecule has 4 aliphatic heterocycles. The second-order valence-electron chi connectivity index (χ2n) is 28.9. The summed E-state index contributed by atoms with van der Waals surface area (Å²) in [4.78, 5) is 77.8. The molecule has 512 valence electrons. The Labute approximate surface area is 583 Å². The van der Waals surface area contributed by atoms with Gasteiger partial charge in [0.1, 0.15) is 0 Å². The average Bonchev–Trinajstić information content (AvgIpc) is 1.57. The van der Waals surface area contributed by atoms with Crippen LogP contribution < -0.4 is 0 Å². The zero-order chi connectivity index (χ0) is 66.1. The van der Waals surface area contributed by atoms with E-state index in [4.69, 9.17) is 0 Å². The van der Waals surface area contributed by atoms with Crippen molar-refractivity contribution in [2.24, 2.45) is 23.7 Å². The molecule has 0 saturated heterocycles. The number of amides is 4. The Morgan fingerprint density at radius 3 is 0.968 bits per heavy atom. The molecule has 4 aromatic heterocycles. The number of hydrogen-bond donors (Lipinski definition) is 0. The minimum Gasteiger partial charge on any atom is -0.314 e. The first kappa shape index (κ1) is 72.1. The summed E-state index contributed by atoms with van der Waals surface area (Å²) >= 11 is 7.40. The number of allylic oxidation sites excluding steroid dienone is 2. The summed E-state index contributed by atoms with van der Waals surface area (Å²) in [6.45, 7) is 20.8. The van der Waals surface area contributed by atoms with Crippen molar-refractivity contribution in [1.29, 1.82) is 0 Å². The lowest BCUT2D eigenvalue weighted by Gasteiger charge is -2.27. The normalized spacial score (nSPS) is 18.3. The lowest BCUT2D eigenvalue weighted by molar-refractivity contribution is -0.124. The van der Waals surface area contributed by atoms with Crippen molar-refractivity contribution < 1.29 is 19.2 Å². The fourth-order valence-electron chi connectivity index (χ4n) is 16.0. The van der Waals surface area contributed by atoms with E-state index in [1.807, 2.05) is 54.7 Å². The van der Waals surface area contributed by atoms with E-state index in [0.29, 0.717) is 72.1 Å². The molecule has 8 nitrogen and oxygen atoms in total. The lowest BCUT2D eigenvalue weighted by Crippen LogP contribution is -2.33. The molecule has 8 heterocycles. The fraction of sp³-hybridized carbons (Fsp3) is 0.634. The van der Waals surface area contributed by atoms with Crippen molar-refractivity contribution in [2.45, 2.75) is 287 Å². The molecule has 10 rings (SSSR count). The Morgan fingerprint density at radius 1 is 0.330 bits per heavy atom. The highest BCUT2D eigenvalue weighted by molar-refractivity contribution is 7.24. The molecule has 0 N–H and O–H groups in total. The Hall–Kier alpha value is -4.62. The van der Waals surface area contributed by atoms with Gasteiger partial charge in [-0.3, -0.25) is 19.2 Å². The van der Waals surface area contributed by atoms with E-state index in [2.05, 4.69) is 91.8 Å². The fourth-order valence-corrected chi connectivity index (χ4v) is 21.0. The van der Waals surface area contributed by atoms with Crippen molar-refractivity contribution in [3.8, 4) is 19.5 Å². The summed E-state index contributed by atoms with van der Waals surface area (Å²) in [6, 6.07) is 13.9. The van der Waals surface area contributed by atoms with Crippen molar-refractivity contribution in [3.63, 3.8) is 0 Å². The van der Waals surface area contributed by atoms with E-state index in [9.17, 15) is 19.2 Å². The van der Waals surface area contributed by atoms with Crippen LogP contribution in [-0.2, 0) is 32.0 Å². The number of rotatable bonds is 44. The molecule has 4 unspecified atom stereocenters. The van der Waals surface area contributed by atoms with Crippen LogP contribution in [0.2, 0.25) is 0 Å². The molecule has 6 aliphatic rings. The zero-order valence-corrected chi connectivity index (χ0v) is 62.5. The number of nitrogens with zero attached hydrogens (tertiary/aromatic N) is 4. The number of carbonyl (C=O) groups is 4. The maximum absolute atomic E-state index is 15.0. The largest absolute Gasteiger partial charge is 0.314 e. The molecule has 0 bridgehead atoms. The lowest BCUT2D eigenvalue weighted by atomic mass is 9.94. The molecule has 0 radical (unpaired) electrons. The second-order valence-corrected chi connectivity index (χ2v) is 33.2. The average molecular weight is 1350 g/mol. The van der Waals surface area contributed by atoms with Crippen LogP contribution in [0.25, 0.3) is 42.0 Å². The molecular formula is C82H116N4O4S4. The zero-order valence-electron chi connectivity index (χ0n) is 59.3. The molecule has 4 atom stereocenters. The van der Waals surface area contributed by atoms with Crippen LogP contribution in [0.1, 0.15) is 304 Å². The van der Waals surface area contributed by atoms with Crippen molar-refractivity contribution in [1.82, 2.24) is 19.6 Å². The quantitative estimate of drug-likeness (QED) is 0.0413. The van der Waals surface area contributed by atoms with Gasteiger partial charge in [0.2, 0.25) is 0 Å². The van der Waals surface area contributed by atoms with Gasteiger partial charge in [-0.2, -0.15) is 0 Å². The van der Waals surface area contributed by atoms with Gasteiger partial charge in [-0.25, -0.2) is 0 Å². The number of unbranched alkanes of at least 4 members (excludes halogenated alkanes) is 16. The SMILES string of the molecule is CCCCCCC(CCCC)CN1C=C2C(=O)N(CC(CCCC)CCCCCC)C(c3ccc(-c4cc5c(s4)/C(=C4\CCc6cc(-c7ccc(C8=C9C(=O)N(CC(CCCC)CCCCCC)C=C9C(=O)N8CC(CCCC)CCCCCC)s7)sc64)CC5)s3)=C2C1=O. The van der Waals surface area contributed by atoms with Gasteiger partial charge in [0.15, 0.2) is 0 Å². The first-order valence-corrected chi connectivity index (χ1v) is 41.6. The molecule has 0 saturated carbocycles. The molecule has 12 heteroatoms. The molecule has 4 amide bonds. The van der Waals surface area contributed by atoms with Gasteiger partial charge in [-0.1, -0.05) is 209 Å². The predicted molar refractivity (Wildman–Crippen MR) is 403 cm³/mol. The molecule has 0 aromatic carbocycles. The van der Waals surface area contributed by atoms with E-state index in [0.717, 1.165) is 150 Å². The third kappa shape index (κ3) is 17.1. The smallest absolute Gasteiger partial charge is 0.260 e. The summed E-state index contributed by atoms with van der Waals surface area (Å²) < 4.78 is 0. The first-order valence-electron chi connectivity index (χ1n) is 38.3. The van der Waals surface area contributed by atoms with Crippen LogP contribution in [-0.4, -0.2) is 69.4 Å². The van der Waals surface area contributed by atoms with Gasteiger partial charge in [0, 0.05) is 67.8 Å². The second kappa shape index (κ2) is 35.8. The Morgan fingerprint density at radius 2 is 0.638 bits per heavy atom. The molecule has 0 fully saturated rings. The number of thiophene rings is 4. The Bertz CT molecular complexity index is 3160. The van der Waals surface area contributed by atoms with E-state index >= 15 is 0 Å². The highest BCUT2D eigenvalue weighted by atomic mass is 32.1. The van der Waals surface area contributed by atoms with E-state index < -0.39 is 0 Å². The van der Waals surface area contributed by atoms with E-state index in [1.165, 1.54) is 154 Å². The molecule has 0 spiro atoms. The molecular weight excluding hydrogens is 1230 g/mol. The van der Waals surface area contributed by atoms with Crippen molar-refractivity contribution >= 4 is 91.5 Å². The van der Waals surface area contributed by atoms with Gasteiger partial charge in [0.05, 0.1) is 43.4 Å². The topological polar surface area (TPSA) is 81.2 Å². The standard InChI is InChI=1S/C82H116N4O4S4/c1-9-17-25-29-37-57(33-21-13-5)51-83-55-65-73(81(83)89)75(85(79(65)87)53-59(35-23-15-7)39-31-27-19-11-3)69-47-45-67(91-69)71-49-61-41-43-63(77(61)93-71)64-44-42-62-50-72(94-78(62)64)68-46-48-70(92-68)76-74-66(80(88)86(76)54-60(36-24-16-8)40-32-28-20-12-4)56-84(82(74)90)52-58(34-22-14-6)38-30-26-18-10-2/h45-50,55-60H,9-44,51-54H2,1-8H3/b64-63+. The number of hydrogen-bond acceptors (Lipinski definition) is 8. The van der Waals surface area contributed by atoms with Crippen LogP contribution >= 0.6 is 45.3 Å². The van der Waals surface area contributed by atoms with Crippen molar-refractivity contribution in [2.75, 3.05) is 26.2 Å². The van der Waals surface area contributed by atoms with Crippen LogP contribution in [0.5, 0.6) is 0 Å². The Kier molecular flexibility index (Phi) is 27.4.